The van der Waals surface area contributed by atoms with Gasteiger partial charge in [0.2, 0.25) is 5.91 Å². The Kier molecular flexibility index (Phi) is 6.87. The topological polar surface area (TPSA) is 101 Å². The molecule has 0 atom stereocenters. The molecule has 33 heavy (non-hydrogen) atoms. The summed E-state index contributed by atoms with van der Waals surface area (Å²) in [5.41, 5.74) is 3.61. The Hall–Kier alpha value is -4.72. The lowest BCUT2D eigenvalue weighted by Crippen LogP contribution is -2.19. The van der Waals surface area contributed by atoms with Gasteiger partial charge in [-0.15, -0.1) is 5.10 Å². The SMILES string of the molecule is O=C(/C=C/c1cn(Cc2ccccc2)nn1)Nc1ccc(NC(=O)Nc2ccccc2)cc1. The van der Waals surface area contributed by atoms with Crippen LogP contribution in [0.3, 0.4) is 0 Å². The van der Waals surface area contributed by atoms with E-state index in [2.05, 4.69) is 26.3 Å². The minimum absolute atomic E-state index is 0.296. The van der Waals surface area contributed by atoms with Gasteiger partial charge in [0, 0.05) is 23.1 Å². The fourth-order valence-electron chi connectivity index (χ4n) is 3.03. The highest BCUT2D eigenvalue weighted by molar-refractivity contribution is 6.02. The zero-order valence-electron chi connectivity index (χ0n) is 17.7. The fourth-order valence-corrected chi connectivity index (χ4v) is 3.03. The van der Waals surface area contributed by atoms with Crippen LogP contribution >= 0.6 is 0 Å². The van der Waals surface area contributed by atoms with Crippen molar-refractivity contribution in [2.75, 3.05) is 16.0 Å². The highest BCUT2D eigenvalue weighted by Gasteiger charge is 2.04. The summed E-state index contributed by atoms with van der Waals surface area (Å²) in [5, 5.41) is 16.4. The van der Waals surface area contributed by atoms with Gasteiger partial charge in [0.05, 0.1) is 12.7 Å². The highest BCUT2D eigenvalue weighted by atomic mass is 16.2. The van der Waals surface area contributed by atoms with Crippen LogP contribution in [0.4, 0.5) is 21.9 Å². The van der Waals surface area contributed by atoms with E-state index in [1.807, 2.05) is 48.5 Å². The summed E-state index contributed by atoms with van der Waals surface area (Å²) in [5.74, 6) is -0.296. The number of hydrogen-bond donors (Lipinski definition) is 3. The quantitative estimate of drug-likeness (QED) is 0.367. The van der Waals surface area contributed by atoms with Crippen LogP contribution in [0.1, 0.15) is 11.3 Å². The summed E-state index contributed by atoms with van der Waals surface area (Å²) >= 11 is 0. The van der Waals surface area contributed by atoms with Crippen molar-refractivity contribution in [2.24, 2.45) is 0 Å². The standard InChI is InChI=1S/C25H22N6O2/c32-24(16-15-23-18-31(30-29-23)17-19-7-3-1-4-8-19)26-21-11-13-22(14-12-21)28-25(33)27-20-9-5-2-6-10-20/h1-16,18H,17H2,(H,26,32)(H2,27,28,33)/b16-15+. The van der Waals surface area contributed by atoms with Crippen molar-refractivity contribution in [2.45, 2.75) is 6.54 Å². The fraction of sp³-hybridized carbons (Fsp3) is 0.0400. The van der Waals surface area contributed by atoms with Gasteiger partial charge in [-0.3, -0.25) is 4.79 Å². The maximum Gasteiger partial charge on any atom is 0.323 e. The number of amides is 3. The largest absolute Gasteiger partial charge is 0.323 e. The molecule has 3 aromatic carbocycles. The second-order valence-corrected chi connectivity index (χ2v) is 7.17. The van der Waals surface area contributed by atoms with Crippen LogP contribution in [0.15, 0.2) is 97.2 Å². The average Bonchev–Trinajstić information content (AvgIpc) is 3.27. The second-order valence-electron chi connectivity index (χ2n) is 7.17. The van der Waals surface area contributed by atoms with Crippen molar-refractivity contribution in [1.82, 2.24) is 15.0 Å². The number of hydrogen-bond acceptors (Lipinski definition) is 4. The van der Waals surface area contributed by atoms with Crippen LogP contribution in [-0.4, -0.2) is 26.9 Å². The van der Waals surface area contributed by atoms with Gasteiger partial charge < -0.3 is 16.0 Å². The first-order valence-corrected chi connectivity index (χ1v) is 10.3. The van der Waals surface area contributed by atoms with Crippen LogP contribution in [0, 0.1) is 0 Å². The lowest BCUT2D eigenvalue weighted by molar-refractivity contribution is -0.111. The summed E-state index contributed by atoms with van der Waals surface area (Å²) in [7, 11) is 0. The minimum atomic E-state index is -0.346. The first-order valence-electron chi connectivity index (χ1n) is 10.3. The van der Waals surface area contributed by atoms with Crippen molar-refractivity contribution in [1.29, 1.82) is 0 Å². The molecular weight excluding hydrogens is 416 g/mol. The van der Waals surface area contributed by atoms with Crippen molar-refractivity contribution in [3.8, 4) is 0 Å². The number of nitrogens with zero attached hydrogens (tertiary/aromatic N) is 3. The molecule has 0 fully saturated rings. The van der Waals surface area contributed by atoms with Crippen molar-refractivity contribution >= 4 is 35.1 Å². The zero-order chi connectivity index (χ0) is 22.9. The molecule has 1 aromatic heterocycles. The highest BCUT2D eigenvalue weighted by Crippen LogP contribution is 2.14. The van der Waals surface area contributed by atoms with Crippen LogP contribution < -0.4 is 16.0 Å². The van der Waals surface area contributed by atoms with E-state index in [0.717, 1.165) is 5.56 Å². The Bertz CT molecular complexity index is 1230. The number of nitrogens with one attached hydrogen (secondary N) is 3. The normalized spacial score (nSPS) is 10.7. The molecule has 8 nitrogen and oxygen atoms in total. The van der Waals surface area contributed by atoms with Gasteiger partial charge in [0.15, 0.2) is 0 Å². The second kappa shape index (κ2) is 10.5. The zero-order valence-corrected chi connectivity index (χ0v) is 17.7. The monoisotopic (exact) mass is 438 g/mol. The number of carbonyl (C=O) groups excluding carboxylic acids is 2. The molecule has 3 N–H and O–H groups in total. The number of anilines is 3. The summed E-state index contributed by atoms with van der Waals surface area (Å²) < 4.78 is 1.71. The van der Waals surface area contributed by atoms with Gasteiger partial charge in [-0.25, -0.2) is 9.48 Å². The molecule has 0 aliphatic rings. The number of para-hydroxylation sites is 1. The van der Waals surface area contributed by atoms with Crippen molar-refractivity contribution in [3.63, 3.8) is 0 Å². The predicted molar refractivity (Wildman–Crippen MR) is 129 cm³/mol. The van der Waals surface area contributed by atoms with Crippen LogP contribution in [0.5, 0.6) is 0 Å². The summed E-state index contributed by atoms with van der Waals surface area (Å²) in [6.45, 7) is 0.609. The van der Waals surface area contributed by atoms with Crippen LogP contribution in [-0.2, 0) is 11.3 Å². The molecule has 3 amide bonds. The van der Waals surface area contributed by atoms with E-state index < -0.39 is 0 Å². The maximum absolute atomic E-state index is 12.2. The van der Waals surface area contributed by atoms with E-state index in [-0.39, 0.29) is 11.9 Å². The smallest absolute Gasteiger partial charge is 0.323 e. The average molecular weight is 438 g/mol. The first-order chi connectivity index (χ1) is 16.1. The van der Waals surface area contributed by atoms with E-state index in [0.29, 0.717) is 29.3 Å². The molecule has 1 heterocycles. The molecule has 0 saturated heterocycles. The molecule has 0 aliphatic heterocycles. The summed E-state index contributed by atoms with van der Waals surface area (Å²) in [6, 6.07) is 25.6. The molecule has 0 radical (unpaired) electrons. The molecule has 0 saturated carbocycles. The van der Waals surface area contributed by atoms with E-state index in [1.165, 1.54) is 6.08 Å². The van der Waals surface area contributed by atoms with Crippen molar-refractivity contribution in [3.05, 3.63) is 108 Å². The van der Waals surface area contributed by atoms with Crippen molar-refractivity contribution < 1.29 is 9.59 Å². The van der Waals surface area contributed by atoms with E-state index in [4.69, 9.17) is 0 Å². The third kappa shape index (κ3) is 6.63. The van der Waals surface area contributed by atoms with E-state index >= 15 is 0 Å². The molecule has 8 heteroatoms. The molecule has 4 aromatic rings. The first kappa shape index (κ1) is 21.5. The molecule has 0 bridgehead atoms. The number of rotatable bonds is 7. The Labute approximate surface area is 191 Å². The summed E-state index contributed by atoms with van der Waals surface area (Å²) in [6.07, 6.45) is 4.78. The van der Waals surface area contributed by atoms with Gasteiger partial charge >= 0.3 is 6.03 Å². The Balaban J connectivity index is 1.26. The van der Waals surface area contributed by atoms with Gasteiger partial charge in [-0.1, -0.05) is 53.7 Å². The van der Waals surface area contributed by atoms with Gasteiger partial charge in [-0.2, -0.15) is 0 Å². The minimum Gasteiger partial charge on any atom is -0.323 e. The van der Waals surface area contributed by atoms with Gasteiger partial charge in [0.1, 0.15) is 5.69 Å². The lowest BCUT2D eigenvalue weighted by Gasteiger charge is -2.08. The van der Waals surface area contributed by atoms with Crippen LogP contribution in [0.2, 0.25) is 0 Å². The number of urea groups is 1. The molecule has 0 spiro atoms. The third-order valence-electron chi connectivity index (χ3n) is 4.59. The number of benzene rings is 3. The van der Waals surface area contributed by atoms with Gasteiger partial charge in [0.25, 0.3) is 0 Å². The Morgan fingerprint density at radius 2 is 1.33 bits per heavy atom. The van der Waals surface area contributed by atoms with E-state index in [1.54, 1.807) is 53.4 Å². The molecule has 0 unspecified atom stereocenters. The summed E-state index contributed by atoms with van der Waals surface area (Å²) in [4.78, 5) is 24.3. The Morgan fingerprint density at radius 1 is 0.758 bits per heavy atom. The van der Waals surface area contributed by atoms with Crippen LogP contribution in [0.25, 0.3) is 6.08 Å². The van der Waals surface area contributed by atoms with Gasteiger partial charge in [-0.05, 0) is 48.0 Å². The molecular formula is C25H22N6O2. The molecule has 4 rings (SSSR count). The number of aromatic nitrogens is 3. The Morgan fingerprint density at radius 3 is 2.00 bits per heavy atom. The maximum atomic E-state index is 12.2. The number of carbonyl (C=O) groups is 2. The third-order valence-corrected chi connectivity index (χ3v) is 4.59. The van der Waals surface area contributed by atoms with E-state index in [9.17, 15) is 9.59 Å². The molecule has 0 aliphatic carbocycles. The predicted octanol–water partition coefficient (Wildman–Crippen LogP) is 4.62. The lowest BCUT2D eigenvalue weighted by atomic mass is 10.2. The molecule has 164 valence electrons.